The Hall–Kier alpha value is -1.75. The number of hydrogen-bond donors (Lipinski definition) is 3. The Morgan fingerprint density at radius 3 is 2.88 bits per heavy atom. The maximum Gasteiger partial charge on any atom is 0.254 e. The number of benzene rings is 1. The van der Waals surface area contributed by atoms with Gasteiger partial charge in [-0.25, -0.2) is 0 Å². The van der Waals surface area contributed by atoms with Gasteiger partial charge in [0.2, 0.25) is 0 Å². The molecule has 0 bridgehead atoms. The van der Waals surface area contributed by atoms with Crippen LogP contribution in [0.5, 0.6) is 5.75 Å². The van der Waals surface area contributed by atoms with Crippen molar-refractivity contribution in [2.75, 3.05) is 18.8 Å². The van der Waals surface area contributed by atoms with E-state index in [4.69, 9.17) is 5.73 Å². The predicted molar refractivity (Wildman–Crippen MR) is 63.7 cm³/mol. The van der Waals surface area contributed by atoms with Gasteiger partial charge >= 0.3 is 0 Å². The molecule has 0 radical (unpaired) electrons. The van der Waals surface area contributed by atoms with Gasteiger partial charge < -0.3 is 20.8 Å². The molecule has 5 heteroatoms. The van der Waals surface area contributed by atoms with Gasteiger partial charge in [-0.1, -0.05) is 0 Å². The molecular weight excluding hydrogens is 220 g/mol. The van der Waals surface area contributed by atoms with Crippen molar-refractivity contribution in [1.82, 2.24) is 4.90 Å². The number of hydrogen-bond acceptors (Lipinski definition) is 4. The van der Waals surface area contributed by atoms with Crippen molar-refractivity contribution in [3.8, 4) is 5.75 Å². The highest BCUT2D eigenvalue weighted by molar-refractivity contribution is 5.95. The molecule has 1 amide bonds. The summed E-state index contributed by atoms with van der Waals surface area (Å²) in [4.78, 5) is 13.7. The fraction of sp³-hybridized carbons (Fsp3) is 0.417. The Kier molecular flexibility index (Phi) is 3.19. The van der Waals surface area contributed by atoms with Crippen LogP contribution in [0.4, 0.5) is 5.69 Å². The van der Waals surface area contributed by atoms with Crippen LogP contribution >= 0.6 is 0 Å². The molecular formula is C12H16N2O3. The van der Waals surface area contributed by atoms with Crippen LogP contribution in [-0.4, -0.2) is 40.2 Å². The molecule has 1 aliphatic heterocycles. The molecule has 1 aliphatic rings. The number of nitrogens with two attached hydrogens (primary N) is 1. The monoisotopic (exact) mass is 236 g/mol. The minimum absolute atomic E-state index is 0.0894. The first kappa shape index (κ1) is 11.7. The van der Waals surface area contributed by atoms with Crippen molar-refractivity contribution >= 4 is 11.6 Å². The van der Waals surface area contributed by atoms with E-state index in [1.807, 2.05) is 0 Å². The number of carbonyl (C=O) groups excluding carboxylic acids is 1. The standard InChI is InChI=1S/C12H16N2O3/c13-10-4-3-8(6-11(10)16)12(17)14-5-1-2-9(15)7-14/h3-4,6,9,15-16H,1-2,5,7,13H2/t9-/m0/s1. The van der Waals surface area contributed by atoms with Gasteiger partial charge in [0, 0.05) is 18.7 Å². The lowest BCUT2D eigenvalue weighted by atomic mass is 10.1. The largest absolute Gasteiger partial charge is 0.506 e. The Bertz CT molecular complexity index is 434. The number of β-amino-alcohol motifs (C(OH)–C–C–N with tert-alkyl or cyclic N) is 1. The van der Waals surface area contributed by atoms with Crippen LogP contribution in [0.15, 0.2) is 18.2 Å². The molecule has 1 aromatic rings. The highest BCUT2D eigenvalue weighted by Crippen LogP contribution is 2.22. The molecule has 92 valence electrons. The topological polar surface area (TPSA) is 86.8 Å². The third-order valence-corrected chi connectivity index (χ3v) is 2.96. The number of aliphatic hydroxyl groups is 1. The fourth-order valence-electron chi connectivity index (χ4n) is 2.00. The van der Waals surface area contributed by atoms with Crippen molar-refractivity contribution in [3.05, 3.63) is 23.8 Å². The zero-order valence-corrected chi connectivity index (χ0v) is 9.47. The van der Waals surface area contributed by atoms with Crippen LogP contribution in [0.25, 0.3) is 0 Å². The third kappa shape index (κ3) is 2.50. The summed E-state index contributed by atoms with van der Waals surface area (Å²) in [5.74, 6) is -0.271. The van der Waals surface area contributed by atoms with E-state index in [0.29, 0.717) is 18.7 Å². The summed E-state index contributed by atoms with van der Waals surface area (Å²) >= 11 is 0. The average molecular weight is 236 g/mol. The predicted octanol–water partition coefficient (Wildman–Crippen LogP) is 0.571. The summed E-state index contributed by atoms with van der Waals surface area (Å²) < 4.78 is 0. The van der Waals surface area contributed by atoms with Gasteiger partial charge in [0.15, 0.2) is 0 Å². The molecule has 1 heterocycles. The Morgan fingerprint density at radius 2 is 2.24 bits per heavy atom. The number of phenols is 1. The first-order valence-electron chi connectivity index (χ1n) is 5.64. The molecule has 17 heavy (non-hydrogen) atoms. The summed E-state index contributed by atoms with van der Waals surface area (Å²) in [5, 5.41) is 19.0. The average Bonchev–Trinajstić information content (AvgIpc) is 2.32. The minimum atomic E-state index is -0.449. The number of aliphatic hydroxyl groups excluding tert-OH is 1. The Labute approximate surface area is 99.5 Å². The number of aromatic hydroxyl groups is 1. The summed E-state index contributed by atoms with van der Waals surface area (Å²) in [6, 6.07) is 4.44. The quantitative estimate of drug-likeness (QED) is 0.491. The number of anilines is 1. The summed E-state index contributed by atoms with van der Waals surface area (Å²) in [6.07, 6.45) is 1.08. The van der Waals surface area contributed by atoms with Crippen molar-refractivity contribution in [1.29, 1.82) is 0 Å². The molecule has 0 saturated carbocycles. The highest BCUT2D eigenvalue weighted by Gasteiger charge is 2.23. The second-order valence-electron chi connectivity index (χ2n) is 4.32. The first-order chi connectivity index (χ1) is 8.08. The fourth-order valence-corrected chi connectivity index (χ4v) is 2.00. The molecule has 1 aromatic carbocycles. The molecule has 2 rings (SSSR count). The molecule has 0 spiro atoms. The maximum absolute atomic E-state index is 12.1. The lowest BCUT2D eigenvalue weighted by Gasteiger charge is -2.30. The van der Waals surface area contributed by atoms with E-state index in [2.05, 4.69) is 0 Å². The van der Waals surface area contributed by atoms with Gasteiger partial charge in [0.05, 0.1) is 11.8 Å². The number of nitrogen functional groups attached to an aromatic ring is 1. The van der Waals surface area contributed by atoms with Crippen LogP contribution in [0, 0.1) is 0 Å². The zero-order valence-electron chi connectivity index (χ0n) is 9.47. The van der Waals surface area contributed by atoms with E-state index in [1.54, 1.807) is 11.0 Å². The zero-order chi connectivity index (χ0) is 12.4. The van der Waals surface area contributed by atoms with E-state index >= 15 is 0 Å². The number of amides is 1. The van der Waals surface area contributed by atoms with E-state index in [9.17, 15) is 15.0 Å². The van der Waals surface area contributed by atoms with Crippen molar-refractivity contribution < 1.29 is 15.0 Å². The van der Waals surface area contributed by atoms with Gasteiger partial charge in [-0.15, -0.1) is 0 Å². The number of nitrogens with zero attached hydrogens (tertiary/aromatic N) is 1. The van der Waals surface area contributed by atoms with E-state index < -0.39 is 6.10 Å². The van der Waals surface area contributed by atoms with Crippen LogP contribution < -0.4 is 5.73 Å². The molecule has 0 aromatic heterocycles. The second kappa shape index (κ2) is 4.63. The number of carbonyl (C=O) groups is 1. The Morgan fingerprint density at radius 1 is 1.47 bits per heavy atom. The van der Waals surface area contributed by atoms with Crippen LogP contribution in [0.3, 0.4) is 0 Å². The smallest absolute Gasteiger partial charge is 0.254 e. The van der Waals surface area contributed by atoms with E-state index in [0.717, 1.165) is 12.8 Å². The lowest BCUT2D eigenvalue weighted by Crippen LogP contribution is -2.42. The van der Waals surface area contributed by atoms with Gasteiger partial charge in [-0.05, 0) is 31.0 Å². The number of likely N-dealkylation sites (tertiary alicyclic amines) is 1. The van der Waals surface area contributed by atoms with E-state index in [-0.39, 0.29) is 17.3 Å². The van der Waals surface area contributed by atoms with Crippen molar-refractivity contribution in [2.24, 2.45) is 0 Å². The summed E-state index contributed by atoms with van der Waals surface area (Å²) in [5.41, 5.74) is 6.12. The second-order valence-corrected chi connectivity index (χ2v) is 4.32. The van der Waals surface area contributed by atoms with Crippen LogP contribution in [0.2, 0.25) is 0 Å². The normalized spacial score (nSPS) is 20.3. The molecule has 5 nitrogen and oxygen atoms in total. The van der Waals surface area contributed by atoms with Gasteiger partial charge in [0.1, 0.15) is 5.75 Å². The molecule has 1 fully saturated rings. The summed E-state index contributed by atoms with van der Waals surface area (Å²) in [7, 11) is 0. The maximum atomic E-state index is 12.1. The van der Waals surface area contributed by atoms with Crippen LogP contribution in [-0.2, 0) is 0 Å². The lowest BCUT2D eigenvalue weighted by molar-refractivity contribution is 0.0473. The number of phenolic OH excluding ortho intramolecular Hbond substituents is 1. The van der Waals surface area contributed by atoms with Gasteiger partial charge in [-0.3, -0.25) is 4.79 Å². The third-order valence-electron chi connectivity index (χ3n) is 2.96. The summed E-state index contributed by atoms with van der Waals surface area (Å²) in [6.45, 7) is 0.991. The SMILES string of the molecule is Nc1ccc(C(=O)N2CCC[C@H](O)C2)cc1O. The molecule has 4 N–H and O–H groups in total. The van der Waals surface area contributed by atoms with E-state index in [1.165, 1.54) is 12.1 Å². The highest BCUT2D eigenvalue weighted by atomic mass is 16.3. The molecule has 0 aliphatic carbocycles. The van der Waals surface area contributed by atoms with Gasteiger partial charge in [-0.2, -0.15) is 0 Å². The van der Waals surface area contributed by atoms with Crippen LogP contribution in [0.1, 0.15) is 23.2 Å². The Balaban J connectivity index is 2.15. The number of rotatable bonds is 1. The minimum Gasteiger partial charge on any atom is -0.506 e. The number of piperidine rings is 1. The van der Waals surface area contributed by atoms with Crippen molar-refractivity contribution in [3.63, 3.8) is 0 Å². The first-order valence-corrected chi connectivity index (χ1v) is 5.64. The molecule has 1 atom stereocenters. The van der Waals surface area contributed by atoms with Crippen molar-refractivity contribution in [2.45, 2.75) is 18.9 Å². The molecule has 0 unspecified atom stereocenters. The molecule has 1 saturated heterocycles. The van der Waals surface area contributed by atoms with Gasteiger partial charge in [0.25, 0.3) is 5.91 Å².